The second kappa shape index (κ2) is 13.8. The van der Waals surface area contributed by atoms with Gasteiger partial charge in [-0.05, 0) is 101 Å². The molecule has 1 atom stereocenters. The zero-order valence-electron chi connectivity index (χ0n) is 24.0. The van der Waals surface area contributed by atoms with Crippen LogP contribution in [-0.2, 0) is 26.2 Å². The molecule has 0 unspecified atom stereocenters. The Morgan fingerprint density at radius 2 is 1.62 bits per heavy atom. The zero-order chi connectivity index (χ0) is 31.2. The van der Waals surface area contributed by atoms with Crippen LogP contribution in [0.4, 0.5) is 10.1 Å². The number of amides is 2. The summed E-state index contributed by atoms with van der Waals surface area (Å²) in [6.45, 7) is 8.45. The Morgan fingerprint density at radius 3 is 2.17 bits per heavy atom. The van der Waals surface area contributed by atoms with Crippen LogP contribution in [0.5, 0.6) is 5.75 Å². The summed E-state index contributed by atoms with van der Waals surface area (Å²) < 4.78 is 47.7. The quantitative estimate of drug-likeness (QED) is 0.276. The van der Waals surface area contributed by atoms with Crippen LogP contribution in [0, 0.1) is 5.82 Å². The number of hydrogen-bond donors (Lipinski definition) is 1. The van der Waals surface area contributed by atoms with Gasteiger partial charge in [-0.2, -0.15) is 0 Å². The minimum atomic E-state index is -4.35. The zero-order valence-corrected chi connectivity index (χ0v) is 26.4. The molecule has 0 heterocycles. The van der Waals surface area contributed by atoms with Crippen molar-refractivity contribution < 1.29 is 27.1 Å². The number of nitrogens with zero attached hydrogens (tertiary/aromatic N) is 2. The standard InChI is InChI=1S/C30H34Cl2FN3O5S/c1-6-41-25-13-11-24(12-14-25)36(42(39,40)26-15-9-23(33)10-16-26)19-28(37)35(20(2)29(38)34-30(3,4)5)18-21-7-8-22(31)17-27(21)32/h7-17,20H,6,18-19H2,1-5H3,(H,34,38)/t20-/m0/s1. The van der Waals surface area contributed by atoms with E-state index in [1.807, 2.05) is 27.7 Å². The minimum absolute atomic E-state index is 0.0960. The number of carbonyl (C=O) groups excluding carboxylic acids is 2. The predicted molar refractivity (Wildman–Crippen MR) is 163 cm³/mol. The van der Waals surface area contributed by atoms with Gasteiger partial charge in [0.2, 0.25) is 11.8 Å². The van der Waals surface area contributed by atoms with Gasteiger partial charge in [0.1, 0.15) is 24.2 Å². The molecule has 0 aromatic heterocycles. The fourth-order valence-electron chi connectivity index (χ4n) is 4.03. The molecule has 42 heavy (non-hydrogen) atoms. The smallest absolute Gasteiger partial charge is 0.264 e. The van der Waals surface area contributed by atoms with Gasteiger partial charge < -0.3 is 15.0 Å². The van der Waals surface area contributed by atoms with E-state index < -0.39 is 45.8 Å². The van der Waals surface area contributed by atoms with Crippen LogP contribution in [0.1, 0.15) is 40.2 Å². The number of nitrogens with one attached hydrogen (secondary N) is 1. The summed E-state index contributed by atoms with van der Waals surface area (Å²) in [4.78, 5) is 28.3. The van der Waals surface area contributed by atoms with Gasteiger partial charge in [0, 0.05) is 22.1 Å². The third kappa shape index (κ3) is 8.59. The van der Waals surface area contributed by atoms with Crippen molar-refractivity contribution in [3.63, 3.8) is 0 Å². The molecule has 226 valence electrons. The maximum Gasteiger partial charge on any atom is 0.264 e. The van der Waals surface area contributed by atoms with Crippen molar-refractivity contribution in [1.29, 1.82) is 0 Å². The van der Waals surface area contributed by atoms with Crippen LogP contribution in [0.3, 0.4) is 0 Å². The molecular weight excluding hydrogens is 604 g/mol. The Morgan fingerprint density at radius 1 is 1.00 bits per heavy atom. The van der Waals surface area contributed by atoms with E-state index in [1.54, 1.807) is 31.2 Å². The first-order chi connectivity index (χ1) is 19.6. The third-order valence-corrected chi connectivity index (χ3v) is 8.51. The van der Waals surface area contributed by atoms with E-state index in [-0.39, 0.29) is 22.2 Å². The molecule has 0 saturated carbocycles. The molecule has 3 rings (SSSR count). The van der Waals surface area contributed by atoms with E-state index in [9.17, 15) is 22.4 Å². The number of sulfonamides is 1. The molecule has 0 aliphatic carbocycles. The van der Waals surface area contributed by atoms with Gasteiger partial charge in [0.25, 0.3) is 10.0 Å². The van der Waals surface area contributed by atoms with E-state index in [4.69, 9.17) is 27.9 Å². The second-order valence-electron chi connectivity index (χ2n) is 10.6. The number of halogens is 3. The first-order valence-corrected chi connectivity index (χ1v) is 15.4. The predicted octanol–water partition coefficient (Wildman–Crippen LogP) is 6.06. The summed E-state index contributed by atoms with van der Waals surface area (Å²) in [5.41, 5.74) is 0.101. The van der Waals surface area contributed by atoms with Crippen molar-refractivity contribution in [2.45, 2.75) is 57.6 Å². The number of rotatable bonds is 11. The van der Waals surface area contributed by atoms with Gasteiger partial charge in [0.15, 0.2) is 0 Å². The number of hydrogen-bond acceptors (Lipinski definition) is 5. The van der Waals surface area contributed by atoms with Gasteiger partial charge in [-0.3, -0.25) is 13.9 Å². The fourth-order valence-corrected chi connectivity index (χ4v) is 5.91. The monoisotopic (exact) mass is 637 g/mol. The SMILES string of the molecule is CCOc1ccc(N(CC(=O)N(Cc2ccc(Cl)cc2Cl)[C@@H](C)C(=O)NC(C)(C)C)S(=O)(=O)c2ccc(F)cc2)cc1. The number of benzene rings is 3. The molecule has 0 bridgehead atoms. The molecule has 1 N–H and O–H groups in total. The minimum Gasteiger partial charge on any atom is -0.494 e. The molecule has 3 aromatic carbocycles. The highest BCUT2D eigenvalue weighted by Gasteiger charge is 2.33. The van der Waals surface area contributed by atoms with Crippen molar-refractivity contribution in [2.24, 2.45) is 0 Å². The van der Waals surface area contributed by atoms with Crippen LogP contribution in [0.2, 0.25) is 10.0 Å². The van der Waals surface area contributed by atoms with Crippen LogP contribution in [0.15, 0.2) is 71.6 Å². The molecule has 8 nitrogen and oxygen atoms in total. The highest BCUT2D eigenvalue weighted by Crippen LogP contribution is 2.28. The van der Waals surface area contributed by atoms with Gasteiger partial charge in [-0.15, -0.1) is 0 Å². The Hall–Kier alpha value is -3.34. The summed E-state index contributed by atoms with van der Waals surface area (Å²) in [7, 11) is -4.35. The first kappa shape index (κ1) is 33.2. The summed E-state index contributed by atoms with van der Waals surface area (Å²) in [6, 6.07) is 14.3. The molecule has 3 aromatic rings. The highest BCUT2D eigenvalue weighted by molar-refractivity contribution is 7.92. The average Bonchev–Trinajstić information content (AvgIpc) is 2.91. The fraction of sp³-hybridized carbons (Fsp3) is 0.333. The van der Waals surface area contributed by atoms with E-state index in [2.05, 4.69) is 5.32 Å². The van der Waals surface area contributed by atoms with Crippen LogP contribution >= 0.6 is 23.2 Å². The maximum atomic E-state index is 14.0. The lowest BCUT2D eigenvalue weighted by atomic mass is 10.1. The molecule has 0 fully saturated rings. The molecule has 0 saturated heterocycles. The van der Waals surface area contributed by atoms with Crippen molar-refractivity contribution in [3.05, 3.63) is 88.2 Å². The summed E-state index contributed by atoms with van der Waals surface area (Å²) >= 11 is 12.5. The number of carbonyl (C=O) groups is 2. The van der Waals surface area contributed by atoms with Gasteiger partial charge >= 0.3 is 0 Å². The van der Waals surface area contributed by atoms with Crippen molar-refractivity contribution in [1.82, 2.24) is 10.2 Å². The average molecular weight is 639 g/mol. The molecule has 0 radical (unpaired) electrons. The van der Waals surface area contributed by atoms with E-state index in [0.717, 1.165) is 28.6 Å². The lowest BCUT2D eigenvalue weighted by Gasteiger charge is -2.33. The summed E-state index contributed by atoms with van der Waals surface area (Å²) in [6.07, 6.45) is 0. The molecule has 0 aliphatic rings. The topological polar surface area (TPSA) is 96.0 Å². The summed E-state index contributed by atoms with van der Waals surface area (Å²) in [5.74, 6) is -1.20. The van der Waals surface area contributed by atoms with Crippen molar-refractivity contribution >= 4 is 50.7 Å². The van der Waals surface area contributed by atoms with Crippen LogP contribution in [0.25, 0.3) is 0 Å². The second-order valence-corrected chi connectivity index (χ2v) is 13.3. The van der Waals surface area contributed by atoms with Crippen LogP contribution < -0.4 is 14.4 Å². The van der Waals surface area contributed by atoms with Gasteiger partial charge in [-0.1, -0.05) is 29.3 Å². The lowest BCUT2D eigenvalue weighted by Crippen LogP contribution is -2.54. The van der Waals surface area contributed by atoms with Gasteiger partial charge in [-0.25, -0.2) is 12.8 Å². The Bertz CT molecular complexity index is 1510. The number of anilines is 1. The largest absolute Gasteiger partial charge is 0.494 e. The van der Waals surface area contributed by atoms with E-state index in [1.165, 1.54) is 23.1 Å². The number of ether oxygens (including phenoxy) is 1. The molecule has 0 spiro atoms. The van der Waals surface area contributed by atoms with Gasteiger partial charge in [0.05, 0.1) is 17.2 Å². The molecule has 12 heteroatoms. The highest BCUT2D eigenvalue weighted by atomic mass is 35.5. The molecular formula is C30H34Cl2FN3O5S. The molecule has 2 amide bonds. The summed E-state index contributed by atoms with van der Waals surface area (Å²) in [5, 5.41) is 3.54. The lowest BCUT2D eigenvalue weighted by molar-refractivity contribution is -0.140. The van der Waals surface area contributed by atoms with E-state index >= 15 is 0 Å². The van der Waals surface area contributed by atoms with Crippen LogP contribution in [-0.4, -0.2) is 49.9 Å². The maximum absolute atomic E-state index is 14.0. The normalized spacial score (nSPS) is 12.4. The Labute approximate surface area is 256 Å². The Kier molecular flexibility index (Phi) is 10.9. The third-order valence-electron chi connectivity index (χ3n) is 6.14. The van der Waals surface area contributed by atoms with Crippen molar-refractivity contribution in [3.8, 4) is 5.75 Å². The van der Waals surface area contributed by atoms with Crippen molar-refractivity contribution in [2.75, 3.05) is 17.5 Å². The molecule has 0 aliphatic heterocycles. The Balaban J connectivity index is 2.06. The van der Waals surface area contributed by atoms with E-state index in [0.29, 0.717) is 22.9 Å². The first-order valence-electron chi connectivity index (χ1n) is 13.2.